The van der Waals surface area contributed by atoms with E-state index in [4.69, 9.17) is 11.6 Å². The lowest BCUT2D eigenvalue weighted by atomic mass is 10.2. The molecule has 34 heavy (non-hydrogen) atoms. The first kappa shape index (κ1) is 26.1. The van der Waals surface area contributed by atoms with Crippen molar-refractivity contribution in [2.24, 2.45) is 0 Å². The minimum atomic E-state index is -3.95. The fourth-order valence-corrected chi connectivity index (χ4v) is 5.86. The third-order valence-corrected chi connectivity index (χ3v) is 8.27. The Morgan fingerprint density at radius 2 is 1.65 bits per heavy atom. The van der Waals surface area contributed by atoms with Crippen molar-refractivity contribution in [2.75, 3.05) is 23.1 Å². The number of sulfonamides is 1. The maximum absolute atomic E-state index is 13.4. The molecular formula is C26H29ClN2O3S2. The third-order valence-electron chi connectivity index (χ3n) is 5.12. The van der Waals surface area contributed by atoms with E-state index in [1.807, 2.05) is 24.8 Å². The summed E-state index contributed by atoms with van der Waals surface area (Å²) in [7, 11) is -3.95. The van der Waals surface area contributed by atoms with E-state index in [2.05, 4.69) is 36.5 Å². The van der Waals surface area contributed by atoms with Crippen molar-refractivity contribution in [1.29, 1.82) is 0 Å². The van der Waals surface area contributed by atoms with Crippen molar-refractivity contribution in [3.05, 3.63) is 94.5 Å². The van der Waals surface area contributed by atoms with Crippen molar-refractivity contribution in [2.45, 2.75) is 30.9 Å². The number of amides is 1. The van der Waals surface area contributed by atoms with Gasteiger partial charge in [0.15, 0.2) is 0 Å². The van der Waals surface area contributed by atoms with Gasteiger partial charge in [-0.05, 0) is 73.5 Å². The van der Waals surface area contributed by atoms with Crippen LogP contribution in [0, 0.1) is 13.8 Å². The van der Waals surface area contributed by atoms with Crippen LogP contribution in [0.2, 0.25) is 5.02 Å². The number of rotatable bonds is 11. The normalized spacial score (nSPS) is 11.3. The quantitative estimate of drug-likeness (QED) is 0.337. The molecular weight excluding hydrogens is 488 g/mol. The smallest absolute Gasteiger partial charge is 0.264 e. The Balaban J connectivity index is 1.59. The van der Waals surface area contributed by atoms with E-state index in [1.165, 1.54) is 35.4 Å². The van der Waals surface area contributed by atoms with Gasteiger partial charge in [-0.1, -0.05) is 53.6 Å². The largest absolute Gasteiger partial charge is 0.354 e. The second-order valence-electron chi connectivity index (χ2n) is 8.05. The number of benzene rings is 3. The van der Waals surface area contributed by atoms with E-state index in [0.29, 0.717) is 17.3 Å². The van der Waals surface area contributed by atoms with Crippen LogP contribution in [0.1, 0.15) is 23.1 Å². The summed E-state index contributed by atoms with van der Waals surface area (Å²) in [5, 5.41) is 3.30. The number of nitrogens with zero attached hydrogens (tertiary/aromatic N) is 1. The van der Waals surface area contributed by atoms with Gasteiger partial charge in [-0.15, -0.1) is 0 Å². The Hall–Kier alpha value is -2.48. The monoisotopic (exact) mass is 516 g/mol. The molecule has 0 unspecified atom stereocenters. The Bertz CT molecular complexity index is 1210. The van der Waals surface area contributed by atoms with Gasteiger partial charge < -0.3 is 5.32 Å². The number of carbonyl (C=O) groups excluding carboxylic acids is 1. The molecule has 0 saturated carbocycles. The predicted molar refractivity (Wildman–Crippen MR) is 142 cm³/mol. The molecule has 0 aliphatic heterocycles. The van der Waals surface area contributed by atoms with E-state index in [1.54, 1.807) is 18.2 Å². The zero-order chi connectivity index (χ0) is 24.6. The fraction of sp³-hybridized carbons (Fsp3) is 0.269. The van der Waals surface area contributed by atoms with Gasteiger partial charge in [-0.25, -0.2) is 8.42 Å². The van der Waals surface area contributed by atoms with Gasteiger partial charge in [0.05, 0.1) is 10.6 Å². The van der Waals surface area contributed by atoms with Crippen LogP contribution in [-0.4, -0.2) is 33.2 Å². The van der Waals surface area contributed by atoms with Gasteiger partial charge in [-0.3, -0.25) is 9.10 Å². The minimum absolute atomic E-state index is 0.0822. The van der Waals surface area contributed by atoms with E-state index in [9.17, 15) is 13.2 Å². The molecule has 0 aromatic heterocycles. The summed E-state index contributed by atoms with van der Waals surface area (Å²) in [4.78, 5) is 12.8. The standard InChI is InChI=1S/C26H29ClN2O3S2/c1-20-6-3-8-22(16-20)19-33-15-5-14-28-26(30)18-29(24-9-4-7-21(2)17-24)34(31,32)25-12-10-23(27)11-13-25/h3-4,6-13,16-17H,5,14-15,18-19H2,1-2H3,(H,28,30). The molecule has 180 valence electrons. The molecule has 0 fully saturated rings. The SMILES string of the molecule is Cc1cccc(CSCCCNC(=O)CN(c2cccc(C)c2)S(=O)(=O)c2ccc(Cl)cc2)c1. The molecule has 0 radical (unpaired) electrons. The number of halogens is 1. The van der Waals surface area contributed by atoms with Crippen LogP contribution >= 0.6 is 23.4 Å². The van der Waals surface area contributed by atoms with Crippen LogP contribution in [0.25, 0.3) is 0 Å². The van der Waals surface area contributed by atoms with Gasteiger partial charge in [0.25, 0.3) is 10.0 Å². The summed E-state index contributed by atoms with van der Waals surface area (Å²) < 4.78 is 27.9. The van der Waals surface area contributed by atoms with E-state index in [0.717, 1.165) is 27.8 Å². The van der Waals surface area contributed by atoms with Gasteiger partial charge >= 0.3 is 0 Å². The lowest BCUT2D eigenvalue weighted by Gasteiger charge is -2.24. The van der Waals surface area contributed by atoms with Crippen molar-refractivity contribution in [3.8, 4) is 0 Å². The van der Waals surface area contributed by atoms with Crippen LogP contribution in [0.5, 0.6) is 0 Å². The van der Waals surface area contributed by atoms with Crippen LogP contribution in [0.4, 0.5) is 5.69 Å². The molecule has 0 aliphatic carbocycles. The summed E-state index contributed by atoms with van der Waals surface area (Å²) in [5.74, 6) is 1.48. The summed E-state index contributed by atoms with van der Waals surface area (Å²) in [6.45, 7) is 4.15. The number of carbonyl (C=O) groups is 1. The molecule has 0 spiro atoms. The highest BCUT2D eigenvalue weighted by molar-refractivity contribution is 7.98. The average molecular weight is 517 g/mol. The minimum Gasteiger partial charge on any atom is -0.354 e. The first-order valence-corrected chi connectivity index (χ1v) is 14.0. The Morgan fingerprint density at radius 1 is 0.971 bits per heavy atom. The van der Waals surface area contributed by atoms with Gasteiger partial charge in [-0.2, -0.15) is 11.8 Å². The first-order chi connectivity index (χ1) is 16.3. The van der Waals surface area contributed by atoms with Crippen LogP contribution in [0.15, 0.2) is 77.7 Å². The Kier molecular flexibility index (Phi) is 9.45. The zero-order valence-corrected chi connectivity index (χ0v) is 21.7. The molecule has 0 heterocycles. The number of nitrogens with one attached hydrogen (secondary N) is 1. The molecule has 3 rings (SSSR count). The molecule has 0 bridgehead atoms. The fourth-order valence-electron chi connectivity index (χ4n) is 3.41. The number of anilines is 1. The molecule has 3 aromatic carbocycles. The number of hydrogen-bond donors (Lipinski definition) is 1. The lowest BCUT2D eigenvalue weighted by molar-refractivity contribution is -0.119. The summed E-state index contributed by atoms with van der Waals surface area (Å²) in [5.41, 5.74) is 3.88. The molecule has 0 saturated heterocycles. The van der Waals surface area contributed by atoms with Crippen LogP contribution < -0.4 is 9.62 Å². The second-order valence-corrected chi connectivity index (χ2v) is 11.5. The zero-order valence-electron chi connectivity index (χ0n) is 19.3. The predicted octanol–water partition coefficient (Wildman–Crippen LogP) is 5.59. The second kappa shape index (κ2) is 12.3. The summed E-state index contributed by atoms with van der Waals surface area (Å²) >= 11 is 7.74. The van der Waals surface area contributed by atoms with Crippen molar-refractivity contribution in [1.82, 2.24) is 5.32 Å². The van der Waals surface area contributed by atoms with Crippen molar-refractivity contribution < 1.29 is 13.2 Å². The molecule has 5 nitrogen and oxygen atoms in total. The van der Waals surface area contributed by atoms with Gasteiger partial charge in [0, 0.05) is 17.3 Å². The molecule has 3 aromatic rings. The van der Waals surface area contributed by atoms with Gasteiger partial charge in [0.1, 0.15) is 6.54 Å². The van der Waals surface area contributed by atoms with Crippen LogP contribution in [0.3, 0.4) is 0 Å². The Labute approximate surface area is 211 Å². The molecule has 8 heteroatoms. The molecule has 0 aliphatic rings. The molecule has 1 N–H and O–H groups in total. The van der Waals surface area contributed by atoms with E-state index in [-0.39, 0.29) is 17.3 Å². The summed E-state index contributed by atoms with van der Waals surface area (Å²) in [6, 6.07) is 21.5. The molecule has 1 amide bonds. The number of thioether (sulfide) groups is 1. The van der Waals surface area contributed by atoms with E-state index >= 15 is 0 Å². The third kappa shape index (κ3) is 7.52. The first-order valence-electron chi connectivity index (χ1n) is 11.0. The topological polar surface area (TPSA) is 66.5 Å². The lowest BCUT2D eigenvalue weighted by Crippen LogP contribution is -2.41. The highest BCUT2D eigenvalue weighted by Crippen LogP contribution is 2.25. The van der Waals surface area contributed by atoms with Crippen molar-refractivity contribution in [3.63, 3.8) is 0 Å². The number of aryl methyl sites for hydroxylation is 2. The van der Waals surface area contributed by atoms with Gasteiger partial charge in [0.2, 0.25) is 5.91 Å². The number of hydrogen-bond acceptors (Lipinski definition) is 4. The maximum Gasteiger partial charge on any atom is 0.264 e. The maximum atomic E-state index is 13.4. The van der Waals surface area contributed by atoms with Crippen LogP contribution in [-0.2, 0) is 20.6 Å². The van der Waals surface area contributed by atoms with Crippen molar-refractivity contribution >= 4 is 45.0 Å². The van der Waals surface area contributed by atoms with E-state index < -0.39 is 10.0 Å². The highest BCUT2D eigenvalue weighted by Gasteiger charge is 2.27. The Morgan fingerprint density at radius 3 is 2.32 bits per heavy atom. The summed E-state index contributed by atoms with van der Waals surface area (Å²) in [6.07, 6.45) is 0.802. The highest BCUT2D eigenvalue weighted by atomic mass is 35.5. The molecule has 0 atom stereocenters. The average Bonchev–Trinajstić information content (AvgIpc) is 2.80.